The molecule has 0 aliphatic heterocycles. The predicted molar refractivity (Wildman–Crippen MR) is 166 cm³/mol. The summed E-state index contributed by atoms with van der Waals surface area (Å²) in [6.45, 7) is 6.98. The van der Waals surface area contributed by atoms with Gasteiger partial charge in [-0.1, -0.05) is 72.8 Å². The fourth-order valence-electron chi connectivity index (χ4n) is 4.18. The van der Waals surface area contributed by atoms with Gasteiger partial charge in [0.05, 0.1) is 6.61 Å². The first-order valence-electron chi connectivity index (χ1n) is 14.5. The van der Waals surface area contributed by atoms with Crippen LogP contribution in [0.15, 0.2) is 84.9 Å². The largest absolute Gasteiger partial charge is 0.489 e. The van der Waals surface area contributed by atoms with Gasteiger partial charge in [-0.05, 0) is 56.5 Å². The van der Waals surface area contributed by atoms with Crippen molar-refractivity contribution < 1.29 is 33.4 Å². The fourth-order valence-corrected chi connectivity index (χ4v) is 4.18. The summed E-state index contributed by atoms with van der Waals surface area (Å²) >= 11 is 0. The molecule has 3 aromatic rings. The Morgan fingerprint density at radius 1 is 0.727 bits per heavy atom. The number of esters is 1. The van der Waals surface area contributed by atoms with Gasteiger partial charge in [-0.3, -0.25) is 9.59 Å². The van der Waals surface area contributed by atoms with E-state index in [9.17, 15) is 19.2 Å². The van der Waals surface area contributed by atoms with Crippen LogP contribution in [0.25, 0.3) is 0 Å². The van der Waals surface area contributed by atoms with Crippen LogP contribution >= 0.6 is 0 Å². The van der Waals surface area contributed by atoms with Crippen LogP contribution in [-0.4, -0.2) is 54.7 Å². The maximum absolute atomic E-state index is 13.5. The number of rotatable bonds is 14. The quantitative estimate of drug-likeness (QED) is 0.236. The lowest BCUT2D eigenvalue weighted by Gasteiger charge is -2.23. The van der Waals surface area contributed by atoms with Gasteiger partial charge in [0.1, 0.15) is 36.6 Å². The van der Waals surface area contributed by atoms with E-state index in [0.29, 0.717) is 12.4 Å². The second-order valence-corrected chi connectivity index (χ2v) is 11.1. The van der Waals surface area contributed by atoms with E-state index in [2.05, 4.69) is 16.0 Å². The third-order valence-electron chi connectivity index (χ3n) is 6.23. The van der Waals surface area contributed by atoms with E-state index in [1.165, 1.54) is 0 Å². The van der Waals surface area contributed by atoms with Crippen LogP contribution in [0.4, 0.5) is 4.79 Å². The van der Waals surface area contributed by atoms with Gasteiger partial charge >= 0.3 is 12.1 Å². The number of ether oxygens (including phenoxy) is 3. The van der Waals surface area contributed by atoms with Crippen molar-refractivity contribution in [3.05, 3.63) is 102 Å². The average molecular weight is 604 g/mol. The Hall–Kier alpha value is -4.86. The van der Waals surface area contributed by atoms with Crippen LogP contribution in [0.2, 0.25) is 0 Å². The minimum atomic E-state index is -1.03. The second kappa shape index (κ2) is 16.7. The molecule has 2 atom stereocenters. The molecule has 10 heteroatoms. The molecule has 3 N–H and O–H groups in total. The molecular formula is C34H41N3O7. The van der Waals surface area contributed by atoms with Gasteiger partial charge < -0.3 is 30.2 Å². The van der Waals surface area contributed by atoms with Crippen LogP contribution in [0.3, 0.4) is 0 Å². The summed E-state index contributed by atoms with van der Waals surface area (Å²) in [6.07, 6.45) is -0.431. The molecule has 3 aromatic carbocycles. The zero-order valence-electron chi connectivity index (χ0n) is 25.6. The van der Waals surface area contributed by atoms with Gasteiger partial charge in [0.15, 0.2) is 0 Å². The molecule has 2 unspecified atom stereocenters. The smallest absolute Gasteiger partial charge is 0.408 e. The van der Waals surface area contributed by atoms with Crippen molar-refractivity contribution in [2.75, 3.05) is 13.2 Å². The lowest BCUT2D eigenvalue weighted by atomic mass is 10.0. The number of amides is 3. The first-order valence-corrected chi connectivity index (χ1v) is 14.5. The van der Waals surface area contributed by atoms with Crippen LogP contribution < -0.4 is 20.7 Å². The Morgan fingerprint density at radius 3 is 1.89 bits per heavy atom. The molecule has 44 heavy (non-hydrogen) atoms. The van der Waals surface area contributed by atoms with Crippen LogP contribution in [0.5, 0.6) is 5.75 Å². The maximum Gasteiger partial charge on any atom is 0.408 e. The average Bonchev–Trinajstić information content (AvgIpc) is 2.99. The maximum atomic E-state index is 13.5. The second-order valence-electron chi connectivity index (χ2n) is 11.1. The summed E-state index contributed by atoms with van der Waals surface area (Å²) in [6, 6.07) is 24.2. The third kappa shape index (κ3) is 12.2. The van der Waals surface area contributed by atoms with Gasteiger partial charge in [-0.25, -0.2) is 9.59 Å². The minimum absolute atomic E-state index is 0.137. The highest BCUT2D eigenvalue weighted by atomic mass is 16.6. The van der Waals surface area contributed by atoms with Crippen molar-refractivity contribution in [3.63, 3.8) is 0 Å². The summed E-state index contributed by atoms with van der Waals surface area (Å²) in [5, 5.41) is 7.82. The van der Waals surface area contributed by atoms with Crippen molar-refractivity contribution in [1.29, 1.82) is 0 Å². The van der Waals surface area contributed by atoms with E-state index in [4.69, 9.17) is 14.2 Å². The number of nitrogens with one attached hydrogen (secondary N) is 3. The first kappa shape index (κ1) is 33.6. The SMILES string of the molecule is CCOC(=O)C(Cc1ccc(OCc2ccccc2)cc1)NC(=O)C(Cc1ccccc1)NC(=O)CNC(=O)OC(C)(C)C. The summed E-state index contributed by atoms with van der Waals surface area (Å²) in [7, 11) is 0. The van der Waals surface area contributed by atoms with Crippen molar-refractivity contribution >= 4 is 23.9 Å². The number of carbonyl (C=O) groups is 4. The van der Waals surface area contributed by atoms with Gasteiger partial charge in [-0.15, -0.1) is 0 Å². The van der Waals surface area contributed by atoms with Gasteiger partial charge in [-0.2, -0.15) is 0 Å². The molecule has 0 bridgehead atoms. The van der Waals surface area contributed by atoms with E-state index < -0.39 is 48.1 Å². The van der Waals surface area contributed by atoms with Gasteiger partial charge in [0.25, 0.3) is 0 Å². The van der Waals surface area contributed by atoms with Gasteiger partial charge in [0.2, 0.25) is 11.8 Å². The van der Waals surface area contributed by atoms with Crippen molar-refractivity contribution in [1.82, 2.24) is 16.0 Å². The molecule has 0 heterocycles. The zero-order chi connectivity index (χ0) is 32.0. The summed E-state index contributed by atoms with van der Waals surface area (Å²) < 4.78 is 16.3. The molecule has 3 amide bonds. The molecule has 0 saturated heterocycles. The van der Waals surface area contributed by atoms with E-state index in [1.807, 2.05) is 72.8 Å². The van der Waals surface area contributed by atoms with E-state index in [0.717, 1.165) is 16.7 Å². The minimum Gasteiger partial charge on any atom is -0.489 e. The van der Waals surface area contributed by atoms with Crippen molar-refractivity contribution in [2.45, 2.75) is 64.8 Å². The number of carbonyl (C=O) groups excluding carboxylic acids is 4. The van der Waals surface area contributed by atoms with Gasteiger partial charge in [0, 0.05) is 12.8 Å². The molecule has 0 saturated carbocycles. The lowest BCUT2D eigenvalue weighted by Crippen LogP contribution is -2.54. The molecule has 0 radical (unpaired) electrons. The summed E-state index contributed by atoms with van der Waals surface area (Å²) in [5.41, 5.74) is 1.89. The zero-order valence-corrected chi connectivity index (χ0v) is 25.6. The summed E-state index contributed by atoms with van der Waals surface area (Å²) in [5.74, 6) is -1.09. The van der Waals surface area contributed by atoms with Crippen molar-refractivity contribution in [2.24, 2.45) is 0 Å². The Balaban J connectivity index is 1.68. The molecule has 0 spiro atoms. The first-order chi connectivity index (χ1) is 21.0. The van der Waals surface area contributed by atoms with E-state index in [1.54, 1.807) is 39.8 Å². The summed E-state index contributed by atoms with van der Waals surface area (Å²) in [4.78, 5) is 51.2. The number of alkyl carbamates (subject to hydrolysis) is 1. The molecule has 0 aliphatic rings. The molecule has 3 rings (SSSR count). The lowest BCUT2D eigenvalue weighted by molar-refractivity contribution is -0.147. The van der Waals surface area contributed by atoms with Crippen LogP contribution in [0.1, 0.15) is 44.4 Å². The number of hydrogen-bond donors (Lipinski definition) is 3. The fraction of sp³-hybridized carbons (Fsp3) is 0.353. The molecule has 0 aromatic heterocycles. The Labute approximate surface area is 258 Å². The Kier molecular flexibility index (Phi) is 12.8. The Morgan fingerprint density at radius 2 is 1.30 bits per heavy atom. The number of benzene rings is 3. The van der Waals surface area contributed by atoms with E-state index >= 15 is 0 Å². The molecule has 0 aliphatic carbocycles. The van der Waals surface area contributed by atoms with Crippen LogP contribution in [-0.2, 0) is 43.3 Å². The Bertz CT molecular complexity index is 1360. The highest BCUT2D eigenvalue weighted by Crippen LogP contribution is 2.16. The standard InChI is InChI=1S/C34H41N3O7/c1-5-42-32(40)29(21-25-16-18-27(19-17-25)43-23-26-14-10-7-11-15-26)37-31(39)28(20-24-12-8-6-9-13-24)36-30(38)22-35-33(41)44-34(2,3)4/h6-19,28-29H,5,20-23H2,1-4H3,(H,35,41)(H,36,38)(H,37,39). The highest BCUT2D eigenvalue weighted by Gasteiger charge is 2.28. The normalized spacial score (nSPS) is 12.3. The predicted octanol–water partition coefficient (Wildman–Crippen LogP) is 4.11. The number of hydrogen-bond acceptors (Lipinski definition) is 7. The van der Waals surface area contributed by atoms with Crippen LogP contribution in [0, 0.1) is 0 Å². The topological polar surface area (TPSA) is 132 Å². The monoisotopic (exact) mass is 603 g/mol. The third-order valence-corrected chi connectivity index (χ3v) is 6.23. The molecule has 0 fully saturated rings. The molecule has 234 valence electrons. The molecular weight excluding hydrogens is 562 g/mol. The van der Waals surface area contributed by atoms with E-state index in [-0.39, 0.29) is 19.4 Å². The highest BCUT2D eigenvalue weighted by molar-refractivity contribution is 5.92. The molecule has 10 nitrogen and oxygen atoms in total. The van der Waals surface area contributed by atoms with Crippen molar-refractivity contribution in [3.8, 4) is 5.75 Å².